The maximum Gasteiger partial charge on any atom is 0.0763 e. The first-order chi connectivity index (χ1) is 8.69. The van der Waals surface area contributed by atoms with Crippen molar-refractivity contribution in [3.05, 3.63) is 42.7 Å². The summed E-state index contributed by atoms with van der Waals surface area (Å²) in [5.41, 5.74) is 1.31. The molecule has 0 bridgehead atoms. The van der Waals surface area contributed by atoms with Crippen LogP contribution in [0, 0.1) is 6.92 Å². The summed E-state index contributed by atoms with van der Waals surface area (Å²) < 4.78 is 4.02. The molecule has 0 radical (unpaired) electrons. The van der Waals surface area contributed by atoms with Gasteiger partial charge in [0.25, 0.3) is 0 Å². The zero-order valence-corrected chi connectivity index (χ0v) is 14.0. The van der Waals surface area contributed by atoms with Gasteiger partial charge in [0.1, 0.15) is 0 Å². The third-order valence-electron chi connectivity index (χ3n) is 2.89. The topological polar surface area (TPSA) is 12.0 Å². The van der Waals surface area contributed by atoms with Crippen LogP contribution in [0.15, 0.2) is 27.4 Å². The van der Waals surface area contributed by atoms with E-state index in [4.69, 9.17) is 0 Å². The summed E-state index contributed by atoms with van der Waals surface area (Å²) in [6, 6.07) is 7.10. The molecule has 0 saturated carbocycles. The fourth-order valence-electron chi connectivity index (χ4n) is 1.98. The van der Waals surface area contributed by atoms with Crippen LogP contribution in [0.5, 0.6) is 0 Å². The Kier molecular flexibility index (Phi) is 3.60. The molecule has 0 fully saturated rings. The van der Waals surface area contributed by atoms with E-state index in [0.717, 1.165) is 0 Å². The van der Waals surface area contributed by atoms with E-state index in [1.165, 1.54) is 28.5 Å². The van der Waals surface area contributed by atoms with E-state index in [1.54, 1.807) is 0 Å². The van der Waals surface area contributed by atoms with Crippen molar-refractivity contribution in [3.8, 4) is 0 Å². The molecule has 5 heteroatoms. The number of halogens is 1. The lowest BCUT2D eigenvalue weighted by molar-refractivity contribution is 0.716. The number of aryl methyl sites for hydroxylation is 1. The van der Waals surface area contributed by atoms with Crippen molar-refractivity contribution < 1.29 is 0 Å². The SMILES string of the molecule is CNC(c1cc(C)c(Br)s1)c1cc2sccc2s1. The maximum absolute atomic E-state index is 3.61. The predicted octanol–water partition coefficient (Wildman–Crippen LogP) is 5.40. The van der Waals surface area contributed by atoms with Crippen molar-refractivity contribution in [2.75, 3.05) is 7.05 Å². The highest BCUT2D eigenvalue weighted by Gasteiger charge is 2.18. The number of hydrogen-bond donors (Lipinski definition) is 1. The molecule has 0 aliphatic rings. The maximum atomic E-state index is 3.61. The number of nitrogens with one attached hydrogen (secondary N) is 1. The summed E-state index contributed by atoms with van der Waals surface area (Å²) in [7, 11) is 2.03. The van der Waals surface area contributed by atoms with E-state index in [9.17, 15) is 0 Å². The zero-order valence-electron chi connectivity index (χ0n) is 9.99. The van der Waals surface area contributed by atoms with Crippen molar-refractivity contribution in [1.82, 2.24) is 5.32 Å². The number of rotatable bonds is 3. The highest BCUT2D eigenvalue weighted by molar-refractivity contribution is 9.11. The van der Waals surface area contributed by atoms with Crippen LogP contribution in [0.1, 0.15) is 21.4 Å². The molecule has 1 nitrogen and oxygen atoms in total. The summed E-state index contributed by atoms with van der Waals surface area (Å²) in [5, 5.41) is 5.59. The minimum absolute atomic E-state index is 0.310. The van der Waals surface area contributed by atoms with Crippen LogP contribution in [0.3, 0.4) is 0 Å². The van der Waals surface area contributed by atoms with E-state index in [0.29, 0.717) is 6.04 Å². The van der Waals surface area contributed by atoms with Crippen LogP contribution in [-0.4, -0.2) is 7.05 Å². The second kappa shape index (κ2) is 5.06. The van der Waals surface area contributed by atoms with E-state index in [1.807, 2.05) is 41.1 Å². The summed E-state index contributed by atoms with van der Waals surface area (Å²) in [4.78, 5) is 2.77. The lowest BCUT2D eigenvalue weighted by Gasteiger charge is -2.11. The molecule has 3 aromatic heterocycles. The third kappa shape index (κ3) is 2.18. The standard InChI is InChI=1S/C13H12BrNS3/c1-7-5-10(18-13(7)14)12(15-2)11-6-9-8(17-11)3-4-16-9/h3-6,12,15H,1-2H3. The van der Waals surface area contributed by atoms with Crippen LogP contribution >= 0.6 is 49.9 Å². The molecule has 18 heavy (non-hydrogen) atoms. The molecular formula is C13H12BrNS3. The van der Waals surface area contributed by atoms with Gasteiger partial charge < -0.3 is 5.32 Å². The molecule has 0 saturated heterocycles. The molecule has 3 aromatic rings. The van der Waals surface area contributed by atoms with Gasteiger partial charge >= 0.3 is 0 Å². The van der Waals surface area contributed by atoms with Gasteiger partial charge in [-0.3, -0.25) is 0 Å². The molecule has 94 valence electrons. The van der Waals surface area contributed by atoms with Crippen molar-refractivity contribution in [2.24, 2.45) is 0 Å². The van der Waals surface area contributed by atoms with Crippen molar-refractivity contribution in [1.29, 1.82) is 0 Å². The molecule has 1 N–H and O–H groups in total. The highest BCUT2D eigenvalue weighted by Crippen LogP contribution is 2.39. The molecule has 3 heterocycles. The average Bonchev–Trinajstić information content (AvgIpc) is 2.96. The third-order valence-corrected chi connectivity index (χ3v) is 7.25. The first-order valence-corrected chi connectivity index (χ1v) is 8.89. The van der Waals surface area contributed by atoms with Crippen LogP contribution in [-0.2, 0) is 0 Å². The molecular weight excluding hydrogens is 346 g/mol. The molecule has 1 atom stereocenters. The Bertz CT molecular complexity index is 631. The molecule has 1 unspecified atom stereocenters. The summed E-state index contributed by atoms with van der Waals surface area (Å²) in [5.74, 6) is 0. The summed E-state index contributed by atoms with van der Waals surface area (Å²) in [6.45, 7) is 2.14. The van der Waals surface area contributed by atoms with Gasteiger partial charge in [-0.05, 0) is 59.0 Å². The summed E-state index contributed by atoms with van der Waals surface area (Å²) in [6.07, 6.45) is 0. The Morgan fingerprint density at radius 3 is 2.56 bits per heavy atom. The quantitative estimate of drug-likeness (QED) is 0.661. The normalized spacial score (nSPS) is 13.3. The van der Waals surface area contributed by atoms with Gasteiger partial charge in [0.2, 0.25) is 0 Å². The Balaban J connectivity index is 2.03. The van der Waals surface area contributed by atoms with Crippen LogP contribution < -0.4 is 5.32 Å². The Labute approximate surface area is 127 Å². The van der Waals surface area contributed by atoms with Crippen molar-refractivity contribution in [2.45, 2.75) is 13.0 Å². The van der Waals surface area contributed by atoms with Crippen molar-refractivity contribution >= 4 is 59.3 Å². The van der Waals surface area contributed by atoms with Gasteiger partial charge in [-0.25, -0.2) is 0 Å². The molecule has 0 spiro atoms. The number of thiophene rings is 3. The lowest BCUT2D eigenvalue weighted by Crippen LogP contribution is -2.14. The molecule has 0 aliphatic carbocycles. The van der Waals surface area contributed by atoms with Gasteiger partial charge in [0.15, 0.2) is 0 Å². The van der Waals surface area contributed by atoms with Gasteiger partial charge in [-0.1, -0.05) is 0 Å². The monoisotopic (exact) mass is 357 g/mol. The van der Waals surface area contributed by atoms with Crippen molar-refractivity contribution in [3.63, 3.8) is 0 Å². The fraction of sp³-hybridized carbons (Fsp3) is 0.231. The smallest absolute Gasteiger partial charge is 0.0763 e. The minimum Gasteiger partial charge on any atom is -0.308 e. The highest BCUT2D eigenvalue weighted by atomic mass is 79.9. The molecule has 3 rings (SSSR count). The second-order valence-corrected chi connectivity index (χ2v) is 8.59. The first kappa shape index (κ1) is 12.8. The fourth-order valence-corrected chi connectivity index (χ4v) is 6.00. The van der Waals surface area contributed by atoms with Gasteiger partial charge in [0, 0.05) is 19.2 Å². The Morgan fingerprint density at radius 2 is 1.94 bits per heavy atom. The van der Waals surface area contributed by atoms with Crippen LogP contribution in [0.25, 0.3) is 9.40 Å². The van der Waals surface area contributed by atoms with Gasteiger partial charge in [-0.15, -0.1) is 34.0 Å². The number of hydrogen-bond acceptors (Lipinski definition) is 4. The van der Waals surface area contributed by atoms with Crippen LogP contribution in [0.2, 0.25) is 0 Å². The number of fused-ring (bicyclic) bond motifs is 1. The van der Waals surface area contributed by atoms with Crippen LogP contribution in [0.4, 0.5) is 0 Å². The predicted molar refractivity (Wildman–Crippen MR) is 87.4 cm³/mol. The Morgan fingerprint density at radius 1 is 1.17 bits per heavy atom. The zero-order chi connectivity index (χ0) is 12.7. The van der Waals surface area contributed by atoms with E-state index in [2.05, 4.69) is 51.7 Å². The van der Waals surface area contributed by atoms with E-state index in [-0.39, 0.29) is 0 Å². The average molecular weight is 358 g/mol. The minimum atomic E-state index is 0.310. The van der Waals surface area contributed by atoms with Gasteiger partial charge in [0.05, 0.1) is 9.83 Å². The van der Waals surface area contributed by atoms with E-state index < -0.39 is 0 Å². The Hall–Kier alpha value is -0.200. The second-order valence-electron chi connectivity index (χ2n) is 4.13. The molecule has 0 aliphatic heterocycles. The van der Waals surface area contributed by atoms with E-state index >= 15 is 0 Å². The largest absolute Gasteiger partial charge is 0.308 e. The first-order valence-electron chi connectivity index (χ1n) is 5.59. The lowest BCUT2D eigenvalue weighted by atomic mass is 10.2. The summed E-state index contributed by atoms with van der Waals surface area (Å²) >= 11 is 9.13. The van der Waals surface area contributed by atoms with Gasteiger partial charge in [-0.2, -0.15) is 0 Å². The molecule has 0 aromatic carbocycles. The molecule has 0 amide bonds.